The number of carbonyl (C=O) groups excluding carboxylic acids is 1. The minimum atomic E-state index is -0.745. The standard InChI is InChI=1S/C18H27N5O4/c24-16(22-27)13-10-19-18(20-11-13)23-8-6-14(7-9-23)21-15(17(25)26)12-4-2-1-3-5-12/h10-12,14-15,21,27H,1-9H2,(H,22,24)(H,25,26)/t15-/m0/s1. The number of hydroxylamine groups is 1. The van der Waals surface area contributed by atoms with Crippen LogP contribution in [0, 0.1) is 5.92 Å². The highest BCUT2D eigenvalue weighted by molar-refractivity contribution is 5.92. The molecule has 1 aliphatic heterocycles. The van der Waals surface area contributed by atoms with Gasteiger partial charge in [-0.2, -0.15) is 0 Å². The summed E-state index contributed by atoms with van der Waals surface area (Å²) in [5, 5.41) is 21.6. The van der Waals surface area contributed by atoms with Crippen LogP contribution in [0.1, 0.15) is 55.3 Å². The number of anilines is 1. The predicted molar refractivity (Wildman–Crippen MR) is 97.7 cm³/mol. The maximum absolute atomic E-state index is 11.7. The highest BCUT2D eigenvalue weighted by Crippen LogP contribution is 2.27. The van der Waals surface area contributed by atoms with E-state index in [-0.39, 0.29) is 17.5 Å². The summed E-state index contributed by atoms with van der Waals surface area (Å²) < 4.78 is 0. The molecule has 1 saturated carbocycles. The molecular weight excluding hydrogens is 350 g/mol. The van der Waals surface area contributed by atoms with Crippen LogP contribution in [0.2, 0.25) is 0 Å². The number of carboxylic acid groups (broad SMARTS) is 1. The Morgan fingerprint density at radius 3 is 2.26 bits per heavy atom. The van der Waals surface area contributed by atoms with E-state index in [2.05, 4.69) is 15.3 Å². The number of hydrogen-bond donors (Lipinski definition) is 4. The molecule has 2 aliphatic rings. The number of rotatable bonds is 6. The smallest absolute Gasteiger partial charge is 0.320 e. The topological polar surface area (TPSA) is 128 Å². The van der Waals surface area contributed by atoms with Crippen LogP contribution < -0.4 is 15.7 Å². The molecule has 1 atom stereocenters. The van der Waals surface area contributed by atoms with Crippen molar-refractivity contribution in [1.82, 2.24) is 20.8 Å². The van der Waals surface area contributed by atoms with Gasteiger partial charge >= 0.3 is 5.97 Å². The first-order valence-corrected chi connectivity index (χ1v) is 9.58. The minimum absolute atomic E-state index is 0.170. The van der Waals surface area contributed by atoms with Gasteiger partial charge in [-0.3, -0.25) is 14.8 Å². The molecule has 1 aromatic rings. The number of aliphatic carboxylic acids is 1. The number of aromatic nitrogens is 2. The zero-order valence-electron chi connectivity index (χ0n) is 15.3. The fourth-order valence-electron chi connectivity index (χ4n) is 4.04. The number of carbonyl (C=O) groups is 2. The van der Waals surface area contributed by atoms with Gasteiger partial charge in [-0.05, 0) is 31.6 Å². The first-order chi connectivity index (χ1) is 13.1. The second-order valence-corrected chi connectivity index (χ2v) is 7.35. The minimum Gasteiger partial charge on any atom is -0.480 e. The number of nitrogens with one attached hydrogen (secondary N) is 2. The van der Waals surface area contributed by atoms with Crippen molar-refractivity contribution in [2.75, 3.05) is 18.0 Å². The lowest BCUT2D eigenvalue weighted by atomic mass is 9.83. The van der Waals surface area contributed by atoms with E-state index >= 15 is 0 Å². The van der Waals surface area contributed by atoms with Crippen molar-refractivity contribution >= 4 is 17.8 Å². The fourth-order valence-corrected chi connectivity index (χ4v) is 4.04. The molecule has 27 heavy (non-hydrogen) atoms. The summed E-state index contributed by atoms with van der Waals surface area (Å²) in [6.07, 6.45) is 9.82. The van der Waals surface area contributed by atoms with Gasteiger partial charge in [0.25, 0.3) is 5.91 Å². The van der Waals surface area contributed by atoms with Crippen LogP contribution in [0.3, 0.4) is 0 Å². The maximum atomic E-state index is 11.7. The van der Waals surface area contributed by atoms with Gasteiger partial charge in [0.05, 0.1) is 5.56 Å². The lowest BCUT2D eigenvalue weighted by Crippen LogP contribution is -2.52. The van der Waals surface area contributed by atoms with E-state index in [1.807, 2.05) is 4.90 Å². The van der Waals surface area contributed by atoms with Gasteiger partial charge in [-0.25, -0.2) is 15.4 Å². The second kappa shape index (κ2) is 9.09. The zero-order chi connectivity index (χ0) is 19.2. The van der Waals surface area contributed by atoms with Crippen molar-refractivity contribution in [3.8, 4) is 0 Å². The molecule has 0 spiro atoms. The number of amides is 1. The first-order valence-electron chi connectivity index (χ1n) is 9.58. The van der Waals surface area contributed by atoms with E-state index in [1.54, 1.807) is 5.48 Å². The van der Waals surface area contributed by atoms with Gasteiger partial charge < -0.3 is 15.3 Å². The molecule has 9 nitrogen and oxygen atoms in total. The third-order valence-corrected chi connectivity index (χ3v) is 5.58. The van der Waals surface area contributed by atoms with Crippen LogP contribution in [0.5, 0.6) is 0 Å². The lowest BCUT2D eigenvalue weighted by molar-refractivity contribution is -0.141. The Morgan fingerprint density at radius 2 is 1.70 bits per heavy atom. The molecule has 9 heteroatoms. The summed E-state index contributed by atoms with van der Waals surface area (Å²) in [4.78, 5) is 33.4. The summed E-state index contributed by atoms with van der Waals surface area (Å²) in [6.45, 7) is 1.44. The number of nitrogens with zero attached hydrogens (tertiary/aromatic N) is 3. The molecule has 1 amide bonds. The summed E-state index contributed by atoms with van der Waals surface area (Å²) in [5.41, 5.74) is 1.74. The molecule has 1 aliphatic carbocycles. The van der Waals surface area contributed by atoms with Gasteiger partial charge in [0, 0.05) is 31.5 Å². The van der Waals surface area contributed by atoms with E-state index in [0.717, 1.165) is 51.6 Å². The molecular formula is C18H27N5O4. The summed E-state index contributed by atoms with van der Waals surface area (Å²) in [5.74, 6) is -0.634. The van der Waals surface area contributed by atoms with Crippen molar-refractivity contribution in [2.45, 2.75) is 57.0 Å². The van der Waals surface area contributed by atoms with Crippen molar-refractivity contribution in [2.24, 2.45) is 5.92 Å². The van der Waals surface area contributed by atoms with Crippen molar-refractivity contribution in [3.05, 3.63) is 18.0 Å². The van der Waals surface area contributed by atoms with Gasteiger partial charge in [-0.1, -0.05) is 19.3 Å². The van der Waals surface area contributed by atoms with Crippen LogP contribution in [0.15, 0.2) is 12.4 Å². The van der Waals surface area contributed by atoms with Crippen LogP contribution in [0.25, 0.3) is 0 Å². The Morgan fingerprint density at radius 1 is 1.07 bits per heavy atom. The molecule has 1 aromatic heterocycles. The average molecular weight is 377 g/mol. The highest BCUT2D eigenvalue weighted by atomic mass is 16.5. The number of carboxylic acids is 1. The van der Waals surface area contributed by atoms with Gasteiger partial charge in [0.1, 0.15) is 6.04 Å². The highest BCUT2D eigenvalue weighted by Gasteiger charge is 2.32. The normalized spacial score (nSPS) is 20.3. The maximum Gasteiger partial charge on any atom is 0.320 e. The van der Waals surface area contributed by atoms with E-state index < -0.39 is 17.9 Å². The largest absolute Gasteiger partial charge is 0.480 e. The van der Waals surface area contributed by atoms with E-state index in [0.29, 0.717) is 5.95 Å². The summed E-state index contributed by atoms with van der Waals surface area (Å²) >= 11 is 0. The van der Waals surface area contributed by atoms with E-state index in [9.17, 15) is 14.7 Å². The molecule has 148 valence electrons. The Kier molecular flexibility index (Phi) is 6.57. The van der Waals surface area contributed by atoms with Crippen molar-refractivity contribution in [1.29, 1.82) is 0 Å². The van der Waals surface area contributed by atoms with E-state index in [1.165, 1.54) is 18.8 Å². The van der Waals surface area contributed by atoms with Crippen LogP contribution >= 0.6 is 0 Å². The molecule has 1 saturated heterocycles. The monoisotopic (exact) mass is 377 g/mol. The fraction of sp³-hybridized carbons (Fsp3) is 0.667. The molecule has 0 bridgehead atoms. The quantitative estimate of drug-likeness (QED) is 0.430. The van der Waals surface area contributed by atoms with Gasteiger partial charge in [0.2, 0.25) is 5.95 Å². The lowest BCUT2D eigenvalue weighted by Gasteiger charge is -2.36. The van der Waals surface area contributed by atoms with Gasteiger partial charge in [-0.15, -0.1) is 0 Å². The van der Waals surface area contributed by atoms with Crippen LogP contribution in [0.4, 0.5) is 5.95 Å². The second-order valence-electron chi connectivity index (χ2n) is 7.35. The van der Waals surface area contributed by atoms with Crippen molar-refractivity contribution < 1.29 is 19.9 Å². The summed E-state index contributed by atoms with van der Waals surface area (Å²) in [7, 11) is 0. The molecule has 0 unspecified atom stereocenters. The Balaban J connectivity index is 1.53. The Labute approximate surface area is 158 Å². The molecule has 0 radical (unpaired) electrons. The number of hydrogen-bond acceptors (Lipinski definition) is 7. The number of piperidine rings is 1. The molecule has 0 aromatic carbocycles. The average Bonchev–Trinajstić information content (AvgIpc) is 2.72. The molecule has 2 fully saturated rings. The first kappa shape index (κ1) is 19.5. The third-order valence-electron chi connectivity index (χ3n) is 5.58. The van der Waals surface area contributed by atoms with E-state index in [4.69, 9.17) is 5.21 Å². The Bertz CT molecular complexity index is 640. The summed E-state index contributed by atoms with van der Waals surface area (Å²) in [6, 6.07) is -0.293. The Hall–Kier alpha value is -2.26. The zero-order valence-corrected chi connectivity index (χ0v) is 15.3. The SMILES string of the molecule is O=C(NO)c1cnc(N2CCC(N[C@H](C(=O)O)C3CCCCC3)CC2)nc1. The van der Waals surface area contributed by atoms with Gasteiger partial charge in [0.15, 0.2) is 0 Å². The van der Waals surface area contributed by atoms with Crippen molar-refractivity contribution in [3.63, 3.8) is 0 Å². The molecule has 2 heterocycles. The third kappa shape index (κ3) is 4.92. The van der Waals surface area contributed by atoms with Crippen LogP contribution in [-0.2, 0) is 4.79 Å². The molecule has 3 rings (SSSR count). The van der Waals surface area contributed by atoms with Crippen LogP contribution in [-0.4, -0.2) is 57.3 Å². The predicted octanol–water partition coefficient (Wildman–Crippen LogP) is 1.19. The molecule has 4 N–H and O–H groups in total.